The predicted octanol–water partition coefficient (Wildman–Crippen LogP) is 0.553. The first kappa shape index (κ1) is 7.56. The first-order valence-corrected chi connectivity index (χ1v) is 3.37. The Labute approximate surface area is 63.7 Å². The molecule has 0 aliphatic heterocycles. The van der Waals surface area contributed by atoms with E-state index in [9.17, 15) is 0 Å². The van der Waals surface area contributed by atoms with Gasteiger partial charge in [0.1, 0.15) is 6.61 Å². The summed E-state index contributed by atoms with van der Waals surface area (Å²) in [7, 11) is 0. The lowest BCUT2D eigenvalue weighted by molar-refractivity contribution is 0.236. The average molecular weight is 160 g/mol. The summed E-state index contributed by atoms with van der Waals surface area (Å²) in [4.78, 5) is 0. The van der Waals surface area contributed by atoms with Gasteiger partial charge in [-0.25, -0.2) is 0 Å². The average Bonchev–Trinajstić information content (AvgIpc) is 2.34. The molecule has 1 aromatic rings. The van der Waals surface area contributed by atoms with Crippen molar-refractivity contribution in [1.82, 2.24) is 10.2 Å². The fraction of sp³-hybridized carbons (Fsp3) is 0.600. The summed E-state index contributed by atoms with van der Waals surface area (Å²) in [6.45, 7) is 1.60. The molecule has 1 atom stereocenters. The Morgan fingerprint density at radius 1 is 1.70 bits per heavy atom. The Morgan fingerprint density at radius 3 is 2.70 bits per heavy atom. The molecule has 10 heavy (non-hydrogen) atoms. The zero-order valence-electron chi connectivity index (χ0n) is 5.48. The van der Waals surface area contributed by atoms with E-state index in [0.29, 0.717) is 5.89 Å². The summed E-state index contributed by atoms with van der Waals surface area (Å²) in [6, 6.07) is 0. The van der Waals surface area contributed by atoms with E-state index in [-0.39, 0.29) is 17.7 Å². The third kappa shape index (κ3) is 1.48. The molecule has 0 radical (unpaired) electrons. The minimum atomic E-state index is -0.215. The number of hydrogen-bond acceptors (Lipinski definition) is 5. The standard InChI is InChI=1S/C5H8N2O2S/c1-3(10)5-7-6-4(2-8)9-5/h3,8,10H,2H2,1H3. The van der Waals surface area contributed by atoms with E-state index < -0.39 is 0 Å². The van der Waals surface area contributed by atoms with E-state index in [4.69, 9.17) is 9.52 Å². The lowest BCUT2D eigenvalue weighted by atomic mass is 10.5. The molecule has 56 valence electrons. The number of aromatic nitrogens is 2. The van der Waals surface area contributed by atoms with Gasteiger partial charge in [-0.1, -0.05) is 0 Å². The van der Waals surface area contributed by atoms with Crippen molar-refractivity contribution in [1.29, 1.82) is 0 Å². The highest BCUT2D eigenvalue weighted by Crippen LogP contribution is 2.16. The van der Waals surface area contributed by atoms with Crippen LogP contribution in [0.4, 0.5) is 0 Å². The van der Waals surface area contributed by atoms with Gasteiger partial charge in [0.15, 0.2) is 0 Å². The number of hydrogen-bond donors (Lipinski definition) is 2. The first-order valence-electron chi connectivity index (χ1n) is 2.85. The fourth-order valence-electron chi connectivity index (χ4n) is 0.499. The van der Waals surface area contributed by atoms with Crippen molar-refractivity contribution < 1.29 is 9.52 Å². The molecule has 0 aliphatic rings. The Kier molecular flexibility index (Phi) is 2.29. The number of aliphatic hydroxyl groups is 1. The topological polar surface area (TPSA) is 59.2 Å². The Bertz CT molecular complexity index is 211. The summed E-state index contributed by atoms with van der Waals surface area (Å²) in [5, 5.41) is 15.6. The van der Waals surface area contributed by atoms with Crippen molar-refractivity contribution in [2.24, 2.45) is 0 Å². The second kappa shape index (κ2) is 3.03. The summed E-state index contributed by atoms with van der Waals surface area (Å²) < 4.78 is 4.95. The molecule has 0 aliphatic carbocycles. The van der Waals surface area contributed by atoms with Crippen LogP contribution >= 0.6 is 12.6 Å². The summed E-state index contributed by atoms with van der Waals surface area (Å²) in [5.41, 5.74) is 0. The van der Waals surface area contributed by atoms with Gasteiger partial charge in [-0.05, 0) is 6.92 Å². The lowest BCUT2D eigenvalue weighted by Crippen LogP contribution is -1.82. The third-order valence-corrected chi connectivity index (χ3v) is 1.20. The molecule has 0 aromatic carbocycles. The quantitative estimate of drug-likeness (QED) is 0.620. The fourth-order valence-corrected chi connectivity index (χ4v) is 0.604. The number of rotatable bonds is 2. The van der Waals surface area contributed by atoms with Crippen molar-refractivity contribution in [3.8, 4) is 0 Å². The van der Waals surface area contributed by atoms with E-state index in [1.807, 2.05) is 6.92 Å². The molecule has 5 heteroatoms. The van der Waals surface area contributed by atoms with Crippen LogP contribution in [0, 0.1) is 0 Å². The molecule has 0 bridgehead atoms. The van der Waals surface area contributed by atoms with Crippen LogP contribution in [0.15, 0.2) is 4.42 Å². The molecular formula is C5H8N2O2S. The van der Waals surface area contributed by atoms with Gasteiger partial charge in [0.25, 0.3) is 0 Å². The molecule has 0 saturated carbocycles. The molecule has 4 nitrogen and oxygen atoms in total. The molecule has 0 amide bonds. The Morgan fingerprint density at radius 2 is 2.40 bits per heavy atom. The number of aliphatic hydroxyl groups excluding tert-OH is 1. The molecule has 1 rings (SSSR count). The lowest BCUT2D eigenvalue weighted by Gasteiger charge is -1.91. The highest BCUT2D eigenvalue weighted by Gasteiger charge is 2.08. The van der Waals surface area contributed by atoms with E-state index >= 15 is 0 Å². The Hall–Kier alpha value is -0.550. The van der Waals surface area contributed by atoms with Crippen molar-refractivity contribution >= 4 is 12.6 Å². The minimum absolute atomic E-state index is 0.0761. The zero-order valence-corrected chi connectivity index (χ0v) is 6.38. The van der Waals surface area contributed by atoms with Crippen LogP contribution in [0.5, 0.6) is 0 Å². The maximum atomic E-state index is 8.51. The van der Waals surface area contributed by atoms with Crippen molar-refractivity contribution in [2.45, 2.75) is 18.8 Å². The predicted molar refractivity (Wildman–Crippen MR) is 37.6 cm³/mol. The molecule has 0 saturated heterocycles. The van der Waals surface area contributed by atoms with E-state index in [1.54, 1.807) is 0 Å². The van der Waals surface area contributed by atoms with Gasteiger partial charge < -0.3 is 9.52 Å². The van der Waals surface area contributed by atoms with Crippen LogP contribution in [-0.2, 0) is 6.61 Å². The normalized spacial score (nSPS) is 13.5. The van der Waals surface area contributed by atoms with Gasteiger partial charge in [0, 0.05) is 0 Å². The van der Waals surface area contributed by atoms with E-state index in [2.05, 4.69) is 22.8 Å². The maximum absolute atomic E-state index is 8.51. The van der Waals surface area contributed by atoms with E-state index in [1.165, 1.54) is 0 Å². The van der Waals surface area contributed by atoms with Crippen LogP contribution in [-0.4, -0.2) is 15.3 Å². The van der Waals surface area contributed by atoms with Gasteiger partial charge in [0.05, 0.1) is 5.25 Å². The highest BCUT2D eigenvalue weighted by molar-refractivity contribution is 7.80. The Balaban J connectivity index is 2.78. The van der Waals surface area contributed by atoms with E-state index in [0.717, 1.165) is 0 Å². The molecule has 1 heterocycles. The van der Waals surface area contributed by atoms with Crippen molar-refractivity contribution in [2.75, 3.05) is 0 Å². The smallest absolute Gasteiger partial charge is 0.241 e. The molecule has 0 fully saturated rings. The SMILES string of the molecule is CC(S)c1nnc(CO)o1. The zero-order chi connectivity index (χ0) is 7.56. The molecule has 1 unspecified atom stereocenters. The molecule has 1 N–H and O–H groups in total. The summed E-state index contributed by atoms with van der Waals surface area (Å²) >= 11 is 4.06. The molecule has 0 spiro atoms. The third-order valence-electron chi connectivity index (χ3n) is 0.975. The number of nitrogens with zero attached hydrogens (tertiary/aromatic N) is 2. The van der Waals surface area contributed by atoms with Crippen LogP contribution in [0.3, 0.4) is 0 Å². The van der Waals surface area contributed by atoms with Crippen LogP contribution in [0.1, 0.15) is 24.0 Å². The monoisotopic (exact) mass is 160 g/mol. The second-order valence-electron chi connectivity index (χ2n) is 1.87. The largest absolute Gasteiger partial charge is 0.422 e. The van der Waals surface area contributed by atoms with Crippen LogP contribution in [0.25, 0.3) is 0 Å². The summed E-state index contributed by atoms with van der Waals surface area (Å²) in [6.07, 6.45) is 0. The highest BCUT2D eigenvalue weighted by atomic mass is 32.1. The minimum Gasteiger partial charge on any atom is -0.422 e. The van der Waals surface area contributed by atoms with Crippen molar-refractivity contribution in [3.05, 3.63) is 11.8 Å². The van der Waals surface area contributed by atoms with Gasteiger partial charge in [-0.3, -0.25) is 0 Å². The molecule has 1 aromatic heterocycles. The number of thiol groups is 1. The second-order valence-corrected chi connectivity index (χ2v) is 2.64. The van der Waals surface area contributed by atoms with Gasteiger partial charge >= 0.3 is 0 Å². The van der Waals surface area contributed by atoms with Crippen LogP contribution < -0.4 is 0 Å². The first-order chi connectivity index (χ1) is 4.74. The van der Waals surface area contributed by atoms with Crippen LogP contribution in [0.2, 0.25) is 0 Å². The summed E-state index contributed by atoms with van der Waals surface area (Å²) in [5.74, 6) is 0.670. The molecular weight excluding hydrogens is 152 g/mol. The maximum Gasteiger partial charge on any atom is 0.241 e. The van der Waals surface area contributed by atoms with Gasteiger partial charge in [0.2, 0.25) is 11.8 Å². The van der Waals surface area contributed by atoms with Gasteiger partial charge in [-0.2, -0.15) is 12.6 Å². The van der Waals surface area contributed by atoms with Crippen molar-refractivity contribution in [3.63, 3.8) is 0 Å². The van der Waals surface area contributed by atoms with Gasteiger partial charge in [-0.15, -0.1) is 10.2 Å².